The van der Waals surface area contributed by atoms with Crippen LogP contribution in [0.5, 0.6) is 0 Å². The van der Waals surface area contributed by atoms with Crippen LogP contribution in [-0.2, 0) is 0 Å². The highest BCUT2D eigenvalue weighted by atomic mass is 35.5. The molecule has 0 heterocycles. The normalized spacial score (nSPS) is 13.0. The summed E-state index contributed by atoms with van der Waals surface area (Å²) in [7, 11) is 0. The second-order valence-electron chi connectivity index (χ2n) is 6.72. The van der Waals surface area contributed by atoms with Crippen molar-refractivity contribution in [2.45, 2.75) is 25.5 Å². The number of nitro benzene ring substituents is 1. The summed E-state index contributed by atoms with van der Waals surface area (Å²) in [6, 6.07) is 21.2. The number of anilines is 1. The molecule has 3 aromatic carbocycles. The van der Waals surface area contributed by atoms with E-state index >= 15 is 0 Å². The lowest BCUT2D eigenvalue weighted by Gasteiger charge is -2.24. The zero-order valence-corrected chi connectivity index (χ0v) is 16.1. The van der Waals surface area contributed by atoms with E-state index in [-0.39, 0.29) is 11.7 Å². The number of hydrogen-bond donors (Lipinski definition) is 2. The predicted molar refractivity (Wildman–Crippen MR) is 112 cm³/mol. The number of aliphatic hydroxyl groups excluding tert-OH is 1. The third-order valence-electron chi connectivity index (χ3n) is 4.59. The third kappa shape index (κ3) is 5.09. The van der Waals surface area contributed by atoms with E-state index in [0.29, 0.717) is 17.1 Å². The van der Waals surface area contributed by atoms with Crippen molar-refractivity contribution in [2.75, 3.05) is 5.32 Å². The van der Waals surface area contributed by atoms with Crippen LogP contribution in [0.25, 0.3) is 0 Å². The Bertz CT molecular complexity index is 943. The minimum absolute atomic E-state index is 0.0194. The average molecular weight is 397 g/mol. The standard InChI is InChI=1S/C22H21ClN2O3/c1-15-5-7-16(8-6-15)21(14-22(26)17-9-11-18(23)12-10-17)24-19-3-2-4-20(13-19)25(27)28/h2-13,21-22,24,26H,14H2,1H3. The van der Waals surface area contributed by atoms with Crippen LogP contribution in [0.15, 0.2) is 72.8 Å². The van der Waals surface area contributed by atoms with Gasteiger partial charge in [-0.15, -0.1) is 0 Å². The molecule has 0 aromatic heterocycles. The molecule has 0 saturated carbocycles. The topological polar surface area (TPSA) is 75.4 Å². The van der Waals surface area contributed by atoms with Gasteiger partial charge in [-0.25, -0.2) is 0 Å². The fraction of sp³-hybridized carbons (Fsp3) is 0.182. The Labute approximate surface area is 168 Å². The lowest BCUT2D eigenvalue weighted by molar-refractivity contribution is -0.384. The van der Waals surface area contributed by atoms with Crippen LogP contribution in [-0.4, -0.2) is 10.0 Å². The summed E-state index contributed by atoms with van der Waals surface area (Å²) in [5.41, 5.74) is 3.54. The lowest BCUT2D eigenvalue weighted by Crippen LogP contribution is -2.15. The van der Waals surface area contributed by atoms with Gasteiger partial charge < -0.3 is 10.4 Å². The number of nitrogens with one attached hydrogen (secondary N) is 1. The molecule has 6 heteroatoms. The van der Waals surface area contributed by atoms with E-state index in [9.17, 15) is 15.2 Å². The number of non-ortho nitro benzene ring substituents is 1. The molecule has 0 spiro atoms. The zero-order chi connectivity index (χ0) is 20.1. The van der Waals surface area contributed by atoms with Gasteiger partial charge in [-0.1, -0.05) is 59.6 Å². The molecule has 2 unspecified atom stereocenters. The summed E-state index contributed by atoms with van der Waals surface area (Å²) < 4.78 is 0. The van der Waals surface area contributed by atoms with Gasteiger partial charge in [0, 0.05) is 29.3 Å². The van der Waals surface area contributed by atoms with Gasteiger partial charge in [0.1, 0.15) is 0 Å². The van der Waals surface area contributed by atoms with Crippen LogP contribution < -0.4 is 5.32 Å². The molecule has 0 aliphatic carbocycles. The van der Waals surface area contributed by atoms with Crippen LogP contribution in [0.2, 0.25) is 5.02 Å². The molecule has 3 aromatic rings. The Hall–Kier alpha value is -2.89. The van der Waals surface area contributed by atoms with Crippen LogP contribution in [0.4, 0.5) is 11.4 Å². The summed E-state index contributed by atoms with van der Waals surface area (Å²) >= 11 is 5.93. The molecule has 0 bridgehead atoms. The van der Waals surface area contributed by atoms with Crippen molar-refractivity contribution in [3.63, 3.8) is 0 Å². The van der Waals surface area contributed by atoms with Crippen molar-refractivity contribution in [3.8, 4) is 0 Å². The van der Waals surface area contributed by atoms with E-state index in [0.717, 1.165) is 16.7 Å². The largest absolute Gasteiger partial charge is 0.388 e. The zero-order valence-electron chi connectivity index (χ0n) is 15.4. The van der Waals surface area contributed by atoms with Gasteiger partial charge in [0.15, 0.2) is 0 Å². The summed E-state index contributed by atoms with van der Waals surface area (Å²) in [4.78, 5) is 10.6. The SMILES string of the molecule is Cc1ccc(C(CC(O)c2ccc(Cl)cc2)Nc2cccc([N+](=O)[O-])c2)cc1. The minimum atomic E-state index is -0.713. The summed E-state index contributed by atoms with van der Waals surface area (Å²) in [5, 5.41) is 25.7. The minimum Gasteiger partial charge on any atom is -0.388 e. The van der Waals surface area contributed by atoms with E-state index in [2.05, 4.69) is 5.32 Å². The second-order valence-corrected chi connectivity index (χ2v) is 7.15. The Balaban J connectivity index is 1.86. The lowest BCUT2D eigenvalue weighted by atomic mass is 9.95. The number of hydrogen-bond acceptors (Lipinski definition) is 4. The number of halogens is 1. The summed E-state index contributed by atoms with van der Waals surface area (Å²) in [6.45, 7) is 2.01. The average Bonchev–Trinajstić information content (AvgIpc) is 2.68. The molecule has 5 nitrogen and oxygen atoms in total. The van der Waals surface area contributed by atoms with Gasteiger partial charge in [0.25, 0.3) is 5.69 Å². The fourth-order valence-electron chi connectivity index (χ4n) is 3.03. The molecule has 2 N–H and O–H groups in total. The maximum atomic E-state index is 11.1. The quantitative estimate of drug-likeness (QED) is 0.389. The maximum Gasteiger partial charge on any atom is 0.271 e. The number of nitro groups is 1. The molecule has 0 saturated heterocycles. The molecule has 0 amide bonds. The first kappa shape index (κ1) is 19.9. The first-order valence-electron chi connectivity index (χ1n) is 8.93. The van der Waals surface area contributed by atoms with Gasteiger partial charge in [-0.3, -0.25) is 10.1 Å². The number of aryl methyl sites for hydroxylation is 1. The number of benzene rings is 3. The first-order valence-corrected chi connectivity index (χ1v) is 9.31. The van der Waals surface area contributed by atoms with Gasteiger partial charge in [-0.2, -0.15) is 0 Å². The molecule has 144 valence electrons. The molecule has 0 radical (unpaired) electrons. The summed E-state index contributed by atoms with van der Waals surface area (Å²) in [6.07, 6.45) is -0.317. The van der Waals surface area contributed by atoms with Crippen molar-refractivity contribution in [2.24, 2.45) is 0 Å². The maximum absolute atomic E-state index is 11.1. The molecule has 2 atom stereocenters. The summed E-state index contributed by atoms with van der Waals surface area (Å²) in [5.74, 6) is 0. The number of nitrogens with zero attached hydrogens (tertiary/aromatic N) is 1. The molecule has 3 rings (SSSR count). The Morgan fingerprint density at radius 3 is 2.32 bits per heavy atom. The van der Waals surface area contributed by atoms with Crippen molar-refractivity contribution in [1.82, 2.24) is 0 Å². The van der Waals surface area contributed by atoms with Crippen molar-refractivity contribution in [1.29, 1.82) is 0 Å². The Morgan fingerprint density at radius 2 is 1.68 bits per heavy atom. The van der Waals surface area contributed by atoms with Crippen LogP contribution in [0, 0.1) is 17.0 Å². The molecule has 0 aliphatic rings. The smallest absolute Gasteiger partial charge is 0.271 e. The van der Waals surface area contributed by atoms with E-state index in [1.54, 1.807) is 36.4 Å². The molecule has 0 fully saturated rings. The third-order valence-corrected chi connectivity index (χ3v) is 4.84. The molecular weight excluding hydrogens is 376 g/mol. The number of rotatable bonds is 7. The van der Waals surface area contributed by atoms with E-state index < -0.39 is 11.0 Å². The predicted octanol–water partition coefficient (Wildman–Crippen LogP) is 5.83. The number of aliphatic hydroxyl groups is 1. The van der Waals surface area contributed by atoms with Crippen LogP contribution in [0.1, 0.15) is 35.3 Å². The van der Waals surface area contributed by atoms with Crippen LogP contribution >= 0.6 is 11.6 Å². The Morgan fingerprint density at radius 1 is 1.04 bits per heavy atom. The highest BCUT2D eigenvalue weighted by Gasteiger charge is 2.19. The van der Waals surface area contributed by atoms with Crippen molar-refractivity contribution in [3.05, 3.63) is 105 Å². The fourth-order valence-corrected chi connectivity index (χ4v) is 3.16. The Kier molecular flexibility index (Phi) is 6.29. The van der Waals surface area contributed by atoms with Gasteiger partial charge >= 0.3 is 0 Å². The molecule has 0 aliphatic heterocycles. The van der Waals surface area contributed by atoms with Gasteiger partial charge in [0.2, 0.25) is 0 Å². The first-order chi connectivity index (χ1) is 13.4. The van der Waals surface area contributed by atoms with Crippen molar-refractivity contribution >= 4 is 23.0 Å². The van der Waals surface area contributed by atoms with Gasteiger partial charge in [-0.05, 0) is 36.2 Å². The highest BCUT2D eigenvalue weighted by molar-refractivity contribution is 6.30. The van der Waals surface area contributed by atoms with Gasteiger partial charge in [0.05, 0.1) is 17.1 Å². The molecular formula is C22H21ClN2O3. The van der Waals surface area contributed by atoms with E-state index in [1.807, 2.05) is 31.2 Å². The van der Waals surface area contributed by atoms with E-state index in [4.69, 9.17) is 11.6 Å². The second kappa shape index (κ2) is 8.87. The monoisotopic (exact) mass is 396 g/mol. The molecule has 28 heavy (non-hydrogen) atoms. The van der Waals surface area contributed by atoms with Crippen molar-refractivity contribution < 1.29 is 10.0 Å². The van der Waals surface area contributed by atoms with E-state index in [1.165, 1.54) is 12.1 Å². The highest BCUT2D eigenvalue weighted by Crippen LogP contribution is 2.31. The van der Waals surface area contributed by atoms with Crippen LogP contribution in [0.3, 0.4) is 0 Å².